The molecule has 1 atom stereocenters. The number of hydrogen-bond acceptors (Lipinski definition) is 3. The van der Waals surface area contributed by atoms with Crippen LogP contribution in [0.2, 0.25) is 0 Å². The molecule has 78 valence electrons. The summed E-state index contributed by atoms with van der Waals surface area (Å²) in [5, 5.41) is 8.09. The molecule has 8 heteroatoms. The molecule has 0 spiro atoms. The standard InChI is InChI=1S/C5H7F3O4S/c6-5(7,8)12-1-2-13(11)3-4(9)10/h1-3H2,(H,9,10). The molecule has 4 nitrogen and oxygen atoms in total. The van der Waals surface area contributed by atoms with Crippen molar-refractivity contribution >= 4 is 16.8 Å². The van der Waals surface area contributed by atoms with E-state index in [1.807, 2.05) is 0 Å². The van der Waals surface area contributed by atoms with Crippen molar-refractivity contribution in [3.8, 4) is 0 Å². The summed E-state index contributed by atoms with van der Waals surface area (Å²) >= 11 is 0. The molecule has 0 fully saturated rings. The quantitative estimate of drug-likeness (QED) is 0.726. The van der Waals surface area contributed by atoms with Crippen molar-refractivity contribution in [1.82, 2.24) is 0 Å². The van der Waals surface area contributed by atoms with Gasteiger partial charge in [-0.15, -0.1) is 13.2 Å². The van der Waals surface area contributed by atoms with Crippen LogP contribution in [0.25, 0.3) is 0 Å². The van der Waals surface area contributed by atoms with Gasteiger partial charge in [0.05, 0.1) is 6.61 Å². The van der Waals surface area contributed by atoms with Crippen molar-refractivity contribution < 1.29 is 32.0 Å². The second kappa shape index (κ2) is 5.18. The molecule has 0 aliphatic rings. The molecule has 0 saturated carbocycles. The first-order chi connectivity index (χ1) is 5.81. The van der Waals surface area contributed by atoms with Crippen LogP contribution in [0.1, 0.15) is 0 Å². The third kappa shape index (κ3) is 9.28. The first-order valence-corrected chi connectivity index (χ1v) is 4.57. The summed E-state index contributed by atoms with van der Waals surface area (Å²) in [5.41, 5.74) is 0. The Labute approximate surface area is 74.1 Å². The summed E-state index contributed by atoms with van der Waals surface area (Å²) in [6.07, 6.45) is -4.76. The summed E-state index contributed by atoms with van der Waals surface area (Å²) in [7, 11) is -1.81. The van der Waals surface area contributed by atoms with Gasteiger partial charge in [0, 0.05) is 16.6 Å². The second-order valence-electron chi connectivity index (χ2n) is 1.98. The number of halogens is 3. The van der Waals surface area contributed by atoms with Crippen molar-refractivity contribution in [2.24, 2.45) is 0 Å². The Morgan fingerprint density at radius 3 is 2.38 bits per heavy atom. The van der Waals surface area contributed by atoms with Crippen molar-refractivity contribution in [2.45, 2.75) is 6.36 Å². The number of carboxylic acid groups (broad SMARTS) is 1. The van der Waals surface area contributed by atoms with Crippen molar-refractivity contribution in [3.63, 3.8) is 0 Å². The van der Waals surface area contributed by atoms with Crippen molar-refractivity contribution in [3.05, 3.63) is 0 Å². The summed E-state index contributed by atoms with van der Waals surface area (Å²) in [5.74, 6) is -2.42. The van der Waals surface area contributed by atoms with Gasteiger partial charge in [-0.3, -0.25) is 13.7 Å². The van der Waals surface area contributed by atoms with Crippen LogP contribution in [-0.2, 0) is 20.3 Å². The topological polar surface area (TPSA) is 63.6 Å². The summed E-state index contributed by atoms with van der Waals surface area (Å²) in [4.78, 5) is 9.91. The van der Waals surface area contributed by atoms with Gasteiger partial charge < -0.3 is 5.11 Å². The Bertz CT molecular complexity index is 202. The van der Waals surface area contributed by atoms with Gasteiger partial charge >= 0.3 is 12.3 Å². The van der Waals surface area contributed by atoms with Crippen LogP contribution in [0, 0.1) is 0 Å². The highest BCUT2D eigenvalue weighted by atomic mass is 32.2. The van der Waals surface area contributed by atoms with Gasteiger partial charge in [0.1, 0.15) is 5.75 Å². The molecule has 0 aromatic carbocycles. The van der Waals surface area contributed by atoms with E-state index in [1.54, 1.807) is 0 Å². The fourth-order valence-corrected chi connectivity index (χ4v) is 1.15. The van der Waals surface area contributed by atoms with Crippen LogP contribution in [0.3, 0.4) is 0 Å². The second-order valence-corrected chi connectivity index (χ2v) is 3.55. The molecule has 0 aromatic heterocycles. The number of alkyl halides is 3. The number of carboxylic acids is 1. The van der Waals surface area contributed by atoms with E-state index in [0.29, 0.717) is 0 Å². The molecule has 0 aliphatic carbocycles. The lowest BCUT2D eigenvalue weighted by molar-refractivity contribution is -0.322. The van der Waals surface area contributed by atoms with E-state index in [1.165, 1.54) is 0 Å². The first-order valence-electron chi connectivity index (χ1n) is 3.09. The minimum atomic E-state index is -4.76. The highest BCUT2D eigenvalue weighted by molar-refractivity contribution is 7.85. The Morgan fingerprint density at radius 2 is 2.00 bits per heavy atom. The van der Waals surface area contributed by atoms with Crippen LogP contribution >= 0.6 is 0 Å². The zero-order chi connectivity index (χ0) is 10.5. The largest absolute Gasteiger partial charge is 0.522 e. The lowest BCUT2D eigenvalue weighted by atomic mass is 10.8. The number of ether oxygens (including phenoxy) is 1. The molecule has 0 aliphatic heterocycles. The molecule has 0 amide bonds. The van der Waals surface area contributed by atoms with Gasteiger partial charge in [0.2, 0.25) is 0 Å². The van der Waals surface area contributed by atoms with Gasteiger partial charge in [-0.05, 0) is 0 Å². The molecule has 0 aromatic rings. The Hall–Kier alpha value is -0.630. The normalized spacial score (nSPS) is 14.1. The Balaban J connectivity index is 3.54. The predicted octanol–water partition coefficient (Wildman–Crippen LogP) is 0.356. The SMILES string of the molecule is O=C(O)CS(=O)CCOC(F)(F)F. The lowest BCUT2D eigenvalue weighted by Crippen LogP contribution is -2.20. The molecule has 0 heterocycles. The molecule has 13 heavy (non-hydrogen) atoms. The molecule has 0 rings (SSSR count). The third-order valence-electron chi connectivity index (χ3n) is 0.861. The van der Waals surface area contributed by atoms with Gasteiger partial charge in [-0.25, -0.2) is 0 Å². The van der Waals surface area contributed by atoms with E-state index in [4.69, 9.17) is 5.11 Å². The van der Waals surface area contributed by atoms with Crippen LogP contribution in [0.5, 0.6) is 0 Å². The zero-order valence-electron chi connectivity index (χ0n) is 6.34. The number of rotatable bonds is 5. The Morgan fingerprint density at radius 1 is 1.46 bits per heavy atom. The smallest absolute Gasteiger partial charge is 0.481 e. The predicted molar refractivity (Wildman–Crippen MR) is 37.5 cm³/mol. The van der Waals surface area contributed by atoms with Crippen LogP contribution in [0.4, 0.5) is 13.2 Å². The zero-order valence-corrected chi connectivity index (χ0v) is 7.15. The monoisotopic (exact) mass is 220 g/mol. The summed E-state index contributed by atoms with van der Waals surface area (Å²) in [6, 6.07) is 0. The Kier molecular flexibility index (Phi) is 4.92. The molecule has 1 unspecified atom stereocenters. The summed E-state index contributed by atoms with van der Waals surface area (Å²) < 4.78 is 47.9. The number of carbonyl (C=O) groups is 1. The van der Waals surface area contributed by atoms with Crippen LogP contribution < -0.4 is 0 Å². The van der Waals surface area contributed by atoms with E-state index in [2.05, 4.69) is 4.74 Å². The molecule has 0 radical (unpaired) electrons. The van der Waals surface area contributed by atoms with Gasteiger partial charge in [0.15, 0.2) is 0 Å². The van der Waals surface area contributed by atoms with Crippen molar-refractivity contribution in [1.29, 1.82) is 0 Å². The highest BCUT2D eigenvalue weighted by Crippen LogP contribution is 2.15. The first kappa shape index (κ1) is 12.4. The average molecular weight is 220 g/mol. The minimum Gasteiger partial charge on any atom is -0.481 e. The molecular formula is C5H7F3O4S. The van der Waals surface area contributed by atoms with Crippen LogP contribution in [0.15, 0.2) is 0 Å². The van der Waals surface area contributed by atoms with Crippen LogP contribution in [-0.4, -0.2) is 39.8 Å². The molecule has 0 saturated heterocycles. The van der Waals surface area contributed by atoms with E-state index in [0.717, 1.165) is 0 Å². The van der Waals surface area contributed by atoms with Crippen molar-refractivity contribution in [2.75, 3.05) is 18.1 Å². The highest BCUT2D eigenvalue weighted by Gasteiger charge is 2.28. The van der Waals surface area contributed by atoms with Gasteiger partial charge in [-0.2, -0.15) is 0 Å². The summed E-state index contributed by atoms with van der Waals surface area (Å²) in [6.45, 7) is -0.788. The van der Waals surface area contributed by atoms with Gasteiger partial charge in [0.25, 0.3) is 0 Å². The molecule has 1 N–H and O–H groups in total. The van der Waals surface area contributed by atoms with E-state index in [9.17, 15) is 22.2 Å². The lowest BCUT2D eigenvalue weighted by Gasteiger charge is -2.05. The fraction of sp³-hybridized carbons (Fsp3) is 0.800. The van der Waals surface area contributed by atoms with E-state index in [-0.39, 0.29) is 0 Å². The minimum absolute atomic E-state index is 0.439. The maximum absolute atomic E-state index is 11.3. The molecular weight excluding hydrogens is 213 g/mol. The van der Waals surface area contributed by atoms with E-state index >= 15 is 0 Å². The molecule has 0 bridgehead atoms. The van der Waals surface area contributed by atoms with Gasteiger partial charge in [-0.1, -0.05) is 0 Å². The number of hydrogen-bond donors (Lipinski definition) is 1. The average Bonchev–Trinajstić information content (AvgIpc) is 1.81. The fourth-order valence-electron chi connectivity index (χ4n) is 0.460. The number of aliphatic carboxylic acids is 1. The maximum atomic E-state index is 11.3. The maximum Gasteiger partial charge on any atom is 0.522 e. The van der Waals surface area contributed by atoms with E-state index < -0.39 is 41.2 Å². The third-order valence-corrected chi connectivity index (χ3v) is 2.05.